The van der Waals surface area contributed by atoms with Gasteiger partial charge in [0.1, 0.15) is 0 Å². The molecule has 1 aliphatic heterocycles. The summed E-state index contributed by atoms with van der Waals surface area (Å²) in [7, 11) is 0. The van der Waals surface area contributed by atoms with Crippen LogP contribution >= 0.6 is 0 Å². The maximum absolute atomic E-state index is 3.63. The molecule has 0 saturated carbocycles. The Balaban J connectivity index is 1.68. The molecule has 0 aromatic heterocycles. The molecule has 0 aromatic carbocycles. The van der Waals surface area contributed by atoms with Crippen molar-refractivity contribution in [3.63, 3.8) is 0 Å². The fourth-order valence-electron chi connectivity index (χ4n) is 4.24. The molecule has 1 saturated heterocycles. The molecule has 2 nitrogen and oxygen atoms in total. The third kappa shape index (κ3) is 15.0. The van der Waals surface area contributed by atoms with Crippen LogP contribution in [0.3, 0.4) is 0 Å². The molecule has 1 aliphatic rings. The van der Waals surface area contributed by atoms with Gasteiger partial charge in [0.15, 0.2) is 0 Å². The van der Waals surface area contributed by atoms with Crippen LogP contribution in [0.15, 0.2) is 0 Å². The normalized spacial score (nSPS) is 18.5. The minimum absolute atomic E-state index is 0.877. The van der Waals surface area contributed by atoms with Crippen molar-refractivity contribution in [1.82, 2.24) is 10.4 Å². The number of piperidine rings is 1. The first-order chi connectivity index (χ1) is 12.8. The highest BCUT2D eigenvalue weighted by atomic mass is 15.5. The average molecular weight is 367 g/mol. The van der Waals surface area contributed by atoms with Crippen molar-refractivity contribution < 1.29 is 0 Å². The zero-order valence-electron chi connectivity index (χ0n) is 18.4. The van der Waals surface area contributed by atoms with Gasteiger partial charge in [-0.25, -0.2) is 5.01 Å². The van der Waals surface area contributed by atoms with Gasteiger partial charge in [0.05, 0.1) is 0 Å². The molecular formula is C24H50N2. The standard InChI is InChI=1S/C24H50N2/c1-3-4-5-6-7-8-9-10-11-12-13-14-15-16-17-18-21-25-26-22-19-20-24(2)23-26/h24-25H,3-23H2,1-2H3. The van der Waals surface area contributed by atoms with Crippen LogP contribution in [0.2, 0.25) is 0 Å². The van der Waals surface area contributed by atoms with Crippen molar-refractivity contribution in [1.29, 1.82) is 0 Å². The summed E-state index contributed by atoms with van der Waals surface area (Å²) in [5.74, 6) is 0.877. The first-order valence-electron chi connectivity index (χ1n) is 12.3. The molecule has 0 radical (unpaired) electrons. The highest BCUT2D eigenvalue weighted by Crippen LogP contribution is 2.15. The molecule has 1 rings (SSSR count). The molecule has 1 heterocycles. The van der Waals surface area contributed by atoms with Crippen LogP contribution in [-0.2, 0) is 0 Å². The van der Waals surface area contributed by atoms with Gasteiger partial charge in [-0.15, -0.1) is 0 Å². The highest BCUT2D eigenvalue weighted by Gasteiger charge is 2.14. The Labute approximate surface area is 165 Å². The molecule has 2 heteroatoms. The molecular weight excluding hydrogens is 316 g/mol. The molecule has 0 amide bonds. The van der Waals surface area contributed by atoms with Gasteiger partial charge in [-0.05, 0) is 25.2 Å². The smallest absolute Gasteiger partial charge is 0.0156 e. The van der Waals surface area contributed by atoms with E-state index < -0.39 is 0 Å². The van der Waals surface area contributed by atoms with Crippen molar-refractivity contribution in [3.8, 4) is 0 Å². The lowest BCUT2D eigenvalue weighted by Gasteiger charge is -2.31. The number of hydrogen-bond acceptors (Lipinski definition) is 2. The molecule has 0 bridgehead atoms. The van der Waals surface area contributed by atoms with Crippen molar-refractivity contribution >= 4 is 0 Å². The van der Waals surface area contributed by atoms with E-state index in [4.69, 9.17) is 0 Å². The second-order valence-electron chi connectivity index (χ2n) is 8.90. The minimum Gasteiger partial charge on any atom is -0.255 e. The van der Waals surface area contributed by atoms with Gasteiger partial charge in [-0.1, -0.05) is 110 Å². The average Bonchev–Trinajstić information content (AvgIpc) is 2.64. The summed E-state index contributed by atoms with van der Waals surface area (Å²) in [6.45, 7) is 8.36. The minimum atomic E-state index is 0.877. The summed E-state index contributed by atoms with van der Waals surface area (Å²) in [4.78, 5) is 0. The predicted molar refractivity (Wildman–Crippen MR) is 118 cm³/mol. The highest BCUT2D eigenvalue weighted by molar-refractivity contribution is 4.66. The third-order valence-corrected chi connectivity index (χ3v) is 6.02. The Morgan fingerprint density at radius 3 is 1.62 bits per heavy atom. The Kier molecular flexibility index (Phi) is 16.9. The number of nitrogens with zero attached hydrogens (tertiary/aromatic N) is 1. The number of nitrogens with one attached hydrogen (secondary N) is 1. The molecule has 1 N–H and O–H groups in total. The van der Waals surface area contributed by atoms with E-state index in [-0.39, 0.29) is 0 Å². The molecule has 1 fully saturated rings. The number of hydrogen-bond donors (Lipinski definition) is 1. The van der Waals surface area contributed by atoms with E-state index in [1.165, 1.54) is 135 Å². The van der Waals surface area contributed by atoms with Crippen LogP contribution in [0, 0.1) is 5.92 Å². The van der Waals surface area contributed by atoms with Crippen LogP contribution in [0.5, 0.6) is 0 Å². The number of rotatable bonds is 18. The molecule has 26 heavy (non-hydrogen) atoms. The summed E-state index contributed by atoms with van der Waals surface area (Å²) in [5.41, 5.74) is 3.63. The van der Waals surface area contributed by atoms with Gasteiger partial charge in [-0.2, -0.15) is 0 Å². The topological polar surface area (TPSA) is 15.3 Å². The van der Waals surface area contributed by atoms with E-state index in [2.05, 4.69) is 24.3 Å². The van der Waals surface area contributed by atoms with Gasteiger partial charge in [0.2, 0.25) is 0 Å². The Morgan fingerprint density at radius 1 is 0.692 bits per heavy atom. The number of hydrazine groups is 1. The van der Waals surface area contributed by atoms with E-state index in [1.807, 2.05) is 0 Å². The van der Waals surface area contributed by atoms with Crippen molar-refractivity contribution in [3.05, 3.63) is 0 Å². The lowest BCUT2D eigenvalue weighted by molar-refractivity contribution is 0.121. The molecule has 1 unspecified atom stereocenters. The Hall–Kier alpha value is -0.0800. The van der Waals surface area contributed by atoms with Gasteiger partial charge in [-0.3, -0.25) is 5.43 Å². The zero-order valence-corrected chi connectivity index (χ0v) is 18.4. The van der Waals surface area contributed by atoms with Crippen molar-refractivity contribution in [2.24, 2.45) is 5.92 Å². The summed E-state index contributed by atoms with van der Waals surface area (Å²) < 4.78 is 0. The maximum Gasteiger partial charge on any atom is 0.0156 e. The van der Waals surface area contributed by atoms with E-state index >= 15 is 0 Å². The quantitative estimate of drug-likeness (QED) is 0.253. The number of unbranched alkanes of at least 4 members (excludes halogenated alkanes) is 15. The van der Waals surface area contributed by atoms with Gasteiger partial charge in [0.25, 0.3) is 0 Å². The second kappa shape index (κ2) is 18.3. The third-order valence-electron chi connectivity index (χ3n) is 6.02. The van der Waals surface area contributed by atoms with Crippen LogP contribution in [0.4, 0.5) is 0 Å². The second-order valence-corrected chi connectivity index (χ2v) is 8.90. The van der Waals surface area contributed by atoms with Crippen LogP contribution in [0.25, 0.3) is 0 Å². The maximum atomic E-state index is 3.63. The Morgan fingerprint density at radius 2 is 1.15 bits per heavy atom. The lowest BCUT2D eigenvalue weighted by atomic mass is 10.0. The van der Waals surface area contributed by atoms with E-state index in [9.17, 15) is 0 Å². The fourth-order valence-corrected chi connectivity index (χ4v) is 4.24. The molecule has 0 aromatic rings. The SMILES string of the molecule is CCCCCCCCCCCCCCCCCCNN1CCCC(C)C1. The zero-order chi connectivity index (χ0) is 18.7. The molecule has 0 aliphatic carbocycles. The molecule has 1 atom stereocenters. The fraction of sp³-hybridized carbons (Fsp3) is 1.00. The van der Waals surface area contributed by atoms with Gasteiger partial charge < -0.3 is 0 Å². The largest absolute Gasteiger partial charge is 0.255 e. The Bertz CT molecular complexity index is 279. The summed E-state index contributed by atoms with van der Waals surface area (Å²) >= 11 is 0. The summed E-state index contributed by atoms with van der Waals surface area (Å²) in [6, 6.07) is 0. The predicted octanol–water partition coefficient (Wildman–Crippen LogP) is 7.48. The summed E-state index contributed by atoms with van der Waals surface area (Å²) in [6.07, 6.45) is 26.0. The first kappa shape index (κ1) is 24.0. The van der Waals surface area contributed by atoms with Crippen LogP contribution in [-0.4, -0.2) is 24.6 Å². The molecule has 156 valence electrons. The van der Waals surface area contributed by atoms with Crippen LogP contribution in [0.1, 0.15) is 129 Å². The van der Waals surface area contributed by atoms with Gasteiger partial charge >= 0.3 is 0 Å². The van der Waals surface area contributed by atoms with E-state index in [0.717, 1.165) is 5.92 Å². The first-order valence-corrected chi connectivity index (χ1v) is 12.3. The van der Waals surface area contributed by atoms with Crippen molar-refractivity contribution in [2.75, 3.05) is 19.6 Å². The molecule has 0 spiro atoms. The van der Waals surface area contributed by atoms with Crippen LogP contribution < -0.4 is 5.43 Å². The monoisotopic (exact) mass is 366 g/mol. The van der Waals surface area contributed by atoms with Crippen molar-refractivity contribution in [2.45, 2.75) is 129 Å². The van der Waals surface area contributed by atoms with Gasteiger partial charge in [0, 0.05) is 19.6 Å². The van der Waals surface area contributed by atoms with E-state index in [0.29, 0.717) is 0 Å². The van der Waals surface area contributed by atoms with E-state index in [1.54, 1.807) is 0 Å². The lowest BCUT2D eigenvalue weighted by Crippen LogP contribution is -2.44. The summed E-state index contributed by atoms with van der Waals surface area (Å²) in [5, 5.41) is 2.46.